The van der Waals surface area contributed by atoms with Crippen molar-refractivity contribution in [3.8, 4) is 11.5 Å². The van der Waals surface area contributed by atoms with Crippen LogP contribution in [0.4, 0.5) is 5.69 Å². The molecule has 0 saturated heterocycles. The first-order valence-corrected chi connectivity index (χ1v) is 9.26. The lowest BCUT2D eigenvalue weighted by molar-refractivity contribution is -0.136. The number of hydrogen-bond donors (Lipinski definition) is 3. The van der Waals surface area contributed by atoms with Crippen LogP contribution in [0.3, 0.4) is 0 Å². The Morgan fingerprint density at radius 1 is 1.10 bits per heavy atom. The molecule has 0 saturated carbocycles. The molecule has 0 spiro atoms. The Balaban J connectivity index is 1.98. The van der Waals surface area contributed by atoms with Gasteiger partial charge in [0.15, 0.2) is 18.1 Å². The summed E-state index contributed by atoms with van der Waals surface area (Å²) in [6, 6.07) is 9.70. The SMILES string of the molecule is CCOc1cc(C=NNC(=O)C(=O)Nc2ccc(C)c(Cl)c2)ccc1OCC(N)=O. The quantitative estimate of drug-likeness (QED) is 0.333. The van der Waals surface area contributed by atoms with E-state index in [4.69, 9.17) is 26.8 Å². The van der Waals surface area contributed by atoms with E-state index in [1.165, 1.54) is 6.21 Å². The summed E-state index contributed by atoms with van der Waals surface area (Å²) < 4.78 is 10.7. The van der Waals surface area contributed by atoms with Crippen LogP contribution in [0.1, 0.15) is 18.1 Å². The summed E-state index contributed by atoms with van der Waals surface area (Å²) in [4.78, 5) is 34.7. The number of carbonyl (C=O) groups excluding carboxylic acids is 3. The molecule has 0 aliphatic rings. The maximum absolute atomic E-state index is 11.9. The number of hydrogen-bond acceptors (Lipinski definition) is 6. The lowest BCUT2D eigenvalue weighted by Gasteiger charge is -2.11. The van der Waals surface area contributed by atoms with Gasteiger partial charge in [-0.2, -0.15) is 5.10 Å². The molecule has 9 nitrogen and oxygen atoms in total. The number of rotatable bonds is 8. The minimum Gasteiger partial charge on any atom is -0.490 e. The lowest BCUT2D eigenvalue weighted by Crippen LogP contribution is -2.32. The Bertz CT molecular complexity index is 978. The third-order valence-corrected chi connectivity index (χ3v) is 4.06. The number of amides is 3. The summed E-state index contributed by atoms with van der Waals surface area (Å²) in [7, 11) is 0. The van der Waals surface area contributed by atoms with Crippen LogP contribution < -0.4 is 25.9 Å². The molecule has 4 N–H and O–H groups in total. The van der Waals surface area contributed by atoms with E-state index >= 15 is 0 Å². The van der Waals surface area contributed by atoms with Crippen LogP contribution in [0.15, 0.2) is 41.5 Å². The normalized spacial score (nSPS) is 10.5. The van der Waals surface area contributed by atoms with Gasteiger partial charge in [-0.25, -0.2) is 5.43 Å². The highest BCUT2D eigenvalue weighted by molar-refractivity contribution is 6.39. The number of nitrogens with two attached hydrogens (primary N) is 1. The maximum atomic E-state index is 11.9. The molecule has 0 heterocycles. The predicted molar refractivity (Wildman–Crippen MR) is 113 cm³/mol. The molecular weight excluding hydrogens is 412 g/mol. The van der Waals surface area contributed by atoms with E-state index in [1.807, 2.05) is 6.92 Å². The van der Waals surface area contributed by atoms with Gasteiger partial charge in [0.25, 0.3) is 5.91 Å². The molecule has 3 amide bonds. The smallest absolute Gasteiger partial charge is 0.329 e. The zero-order valence-electron chi connectivity index (χ0n) is 16.4. The number of hydrazone groups is 1. The molecule has 10 heteroatoms. The summed E-state index contributed by atoms with van der Waals surface area (Å²) in [5.41, 5.74) is 9.01. The van der Waals surface area contributed by atoms with Crippen molar-refractivity contribution in [2.45, 2.75) is 13.8 Å². The summed E-state index contributed by atoms with van der Waals surface area (Å²) in [5.74, 6) is -1.74. The fraction of sp³-hybridized carbons (Fsp3) is 0.200. The van der Waals surface area contributed by atoms with Gasteiger partial charge < -0.3 is 20.5 Å². The largest absolute Gasteiger partial charge is 0.490 e. The van der Waals surface area contributed by atoms with Crippen molar-refractivity contribution in [3.63, 3.8) is 0 Å². The van der Waals surface area contributed by atoms with Crippen molar-refractivity contribution in [1.82, 2.24) is 5.43 Å². The average molecular weight is 433 g/mol. The first-order chi connectivity index (χ1) is 14.3. The van der Waals surface area contributed by atoms with E-state index in [9.17, 15) is 14.4 Å². The van der Waals surface area contributed by atoms with Crippen LogP contribution in [0.2, 0.25) is 5.02 Å². The minimum absolute atomic E-state index is 0.287. The Hall–Kier alpha value is -3.59. The zero-order chi connectivity index (χ0) is 22.1. The van der Waals surface area contributed by atoms with Gasteiger partial charge in [-0.15, -0.1) is 0 Å². The molecule has 0 bridgehead atoms. The molecule has 0 aromatic heterocycles. The van der Waals surface area contributed by atoms with E-state index in [1.54, 1.807) is 43.3 Å². The molecular formula is C20H21ClN4O5. The number of nitrogens with zero attached hydrogens (tertiary/aromatic N) is 1. The van der Waals surface area contributed by atoms with E-state index in [-0.39, 0.29) is 6.61 Å². The molecule has 30 heavy (non-hydrogen) atoms. The molecule has 2 aromatic carbocycles. The summed E-state index contributed by atoms with van der Waals surface area (Å²) in [6.07, 6.45) is 1.33. The van der Waals surface area contributed by atoms with Crippen molar-refractivity contribution < 1.29 is 23.9 Å². The topological polar surface area (TPSA) is 132 Å². The summed E-state index contributed by atoms with van der Waals surface area (Å²) in [5, 5.41) is 6.66. The number of primary amides is 1. The van der Waals surface area contributed by atoms with Crippen molar-refractivity contribution >= 4 is 41.2 Å². The lowest BCUT2D eigenvalue weighted by atomic mass is 10.2. The third-order valence-electron chi connectivity index (χ3n) is 3.65. The molecule has 2 aromatic rings. The molecule has 0 radical (unpaired) electrons. The molecule has 2 rings (SSSR count). The third kappa shape index (κ3) is 6.78. The Kier molecular flexibility index (Phi) is 8.18. The van der Waals surface area contributed by atoms with Crippen molar-refractivity contribution in [3.05, 3.63) is 52.5 Å². The Morgan fingerprint density at radius 2 is 1.87 bits per heavy atom. The number of ether oxygens (including phenoxy) is 2. The van der Waals surface area contributed by atoms with Gasteiger partial charge in [0.2, 0.25) is 0 Å². The van der Waals surface area contributed by atoms with E-state index in [0.717, 1.165) is 5.56 Å². The van der Waals surface area contributed by atoms with Gasteiger partial charge in [0.05, 0.1) is 12.8 Å². The van der Waals surface area contributed by atoms with E-state index in [2.05, 4.69) is 15.8 Å². The molecule has 0 aliphatic heterocycles. The number of anilines is 1. The maximum Gasteiger partial charge on any atom is 0.329 e. The first kappa shape index (κ1) is 22.7. The van der Waals surface area contributed by atoms with Gasteiger partial charge in [-0.05, 0) is 55.3 Å². The second-order valence-corrected chi connectivity index (χ2v) is 6.42. The minimum atomic E-state index is -0.950. The zero-order valence-corrected chi connectivity index (χ0v) is 17.2. The van der Waals surface area contributed by atoms with Crippen LogP contribution in [0.5, 0.6) is 11.5 Å². The molecule has 0 unspecified atom stereocenters. The van der Waals surface area contributed by atoms with Crippen LogP contribution in [-0.2, 0) is 14.4 Å². The standard InChI is InChI=1S/C20H21ClN4O5/c1-3-29-17-8-13(5-7-16(17)30-11-18(22)26)10-23-25-20(28)19(27)24-14-6-4-12(2)15(21)9-14/h4-10H,3,11H2,1-2H3,(H2,22,26)(H,24,27)(H,25,28). The second kappa shape index (κ2) is 10.8. The average Bonchev–Trinajstić information content (AvgIpc) is 2.70. The monoisotopic (exact) mass is 432 g/mol. The number of aryl methyl sites for hydroxylation is 1. The first-order valence-electron chi connectivity index (χ1n) is 8.88. The van der Waals surface area contributed by atoms with Crippen molar-refractivity contribution in [2.24, 2.45) is 10.8 Å². The van der Waals surface area contributed by atoms with Gasteiger partial charge in [-0.1, -0.05) is 17.7 Å². The number of halogens is 1. The Labute approximate surface area is 178 Å². The van der Waals surface area contributed by atoms with Gasteiger partial charge in [0, 0.05) is 10.7 Å². The van der Waals surface area contributed by atoms with Crippen LogP contribution in [-0.4, -0.2) is 37.1 Å². The van der Waals surface area contributed by atoms with Crippen molar-refractivity contribution in [1.29, 1.82) is 0 Å². The molecule has 158 valence electrons. The highest BCUT2D eigenvalue weighted by atomic mass is 35.5. The predicted octanol–water partition coefficient (Wildman–Crippen LogP) is 2.00. The number of carbonyl (C=O) groups is 3. The number of benzene rings is 2. The van der Waals surface area contributed by atoms with E-state index < -0.39 is 17.7 Å². The second-order valence-electron chi connectivity index (χ2n) is 6.01. The van der Waals surface area contributed by atoms with Gasteiger partial charge in [0.1, 0.15) is 0 Å². The highest BCUT2D eigenvalue weighted by Crippen LogP contribution is 2.28. The van der Waals surface area contributed by atoms with Crippen LogP contribution in [0, 0.1) is 6.92 Å². The fourth-order valence-electron chi connectivity index (χ4n) is 2.22. The Morgan fingerprint density at radius 3 is 2.53 bits per heavy atom. The van der Waals surface area contributed by atoms with Crippen LogP contribution in [0.25, 0.3) is 0 Å². The van der Waals surface area contributed by atoms with Crippen molar-refractivity contribution in [2.75, 3.05) is 18.5 Å². The molecule has 0 atom stereocenters. The van der Waals surface area contributed by atoms with E-state index in [0.29, 0.717) is 34.4 Å². The van der Waals surface area contributed by atoms with Crippen LogP contribution >= 0.6 is 11.6 Å². The fourth-order valence-corrected chi connectivity index (χ4v) is 2.40. The molecule has 0 aliphatic carbocycles. The highest BCUT2D eigenvalue weighted by Gasteiger charge is 2.13. The van der Waals surface area contributed by atoms with Gasteiger partial charge >= 0.3 is 11.8 Å². The van der Waals surface area contributed by atoms with Gasteiger partial charge in [-0.3, -0.25) is 14.4 Å². The molecule has 0 fully saturated rings. The summed E-state index contributed by atoms with van der Waals surface area (Å²) in [6.45, 7) is 3.69. The number of nitrogens with one attached hydrogen (secondary N) is 2. The summed E-state index contributed by atoms with van der Waals surface area (Å²) >= 11 is 5.99.